The summed E-state index contributed by atoms with van der Waals surface area (Å²) < 4.78 is 0. The Labute approximate surface area is 47.1 Å². The summed E-state index contributed by atoms with van der Waals surface area (Å²) in [6.07, 6.45) is 1.45. The van der Waals surface area contributed by atoms with Crippen LogP contribution in [0.1, 0.15) is 13.3 Å². The van der Waals surface area contributed by atoms with Crippen LogP contribution < -0.4 is 0 Å². The summed E-state index contributed by atoms with van der Waals surface area (Å²) in [5.74, 6) is 2.04. The highest BCUT2D eigenvalue weighted by Gasteiger charge is 2.30. The molecule has 0 saturated heterocycles. The Morgan fingerprint density at radius 3 is 2.33 bits per heavy atom. The maximum atomic E-state index is 3.42. The molecule has 0 bridgehead atoms. The van der Waals surface area contributed by atoms with Gasteiger partial charge in [-0.15, -0.1) is 0 Å². The molecule has 0 N–H and O–H groups in total. The van der Waals surface area contributed by atoms with Crippen LogP contribution in [0.2, 0.25) is 0 Å². The van der Waals surface area contributed by atoms with E-state index in [0.717, 1.165) is 11.8 Å². The lowest BCUT2D eigenvalue weighted by molar-refractivity contribution is 0.850. The molecule has 0 aromatic carbocycles. The van der Waals surface area contributed by atoms with Crippen LogP contribution in [0.5, 0.6) is 0 Å². The fraction of sp³-hybridized carbons (Fsp3) is 1.00. The first kappa shape index (κ1) is 4.63. The highest BCUT2D eigenvalue weighted by atomic mass is 79.9. The van der Waals surface area contributed by atoms with E-state index < -0.39 is 0 Å². The van der Waals surface area contributed by atoms with Crippen molar-refractivity contribution >= 4 is 15.9 Å². The highest BCUT2D eigenvalue weighted by Crippen LogP contribution is 2.38. The summed E-state index contributed by atoms with van der Waals surface area (Å²) >= 11 is 3.42. The zero-order valence-corrected chi connectivity index (χ0v) is 5.53. The molecule has 0 radical (unpaired) electrons. The van der Waals surface area contributed by atoms with E-state index in [1.165, 1.54) is 11.8 Å². The van der Waals surface area contributed by atoms with Gasteiger partial charge in [-0.3, -0.25) is 0 Å². The fourth-order valence-corrected chi connectivity index (χ4v) is 1.52. The van der Waals surface area contributed by atoms with Crippen molar-refractivity contribution in [3.63, 3.8) is 0 Å². The van der Waals surface area contributed by atoms with E-state index in [9.17, 15) is 0 Å². The Morgan fingerprint density at radius 2 is 2.33 bits per heavy atom. The van der Waals surface area contributed by atoms with E-state index in [0.29, 0.717) is 0 Å². The topological polar surface area (TPSA) is 0 Å². The molecule has 0 aromatic rings. The Bertz CT molecular complexity index is 49.9. The maximum Gasteiger partial charge on any atom is 0.00623 e. The Kier molecular flexibility index (Phi) is 1.18. The molecule has 1 rings (SSSR count). The van der Waals surface area contributed by atoms with E-state index in [1.807, 2.05) is 0 Å². The molecule has 0 aliphatic heterocycles. The zero-order valence-electron chi connectivity index (χ0n) is 3.95. The minimum Gasteiger partial charge on any atom is -0.0925 e. The molecule has 0 nitrogen and oxygen atoms in total. The smallest absolute Gasteiger partial charge is 0.00623 e. The van der Waals surface area contributed by atoms with E-state index in [2.05, 4.69) is 22.9 Å². The molecule has 1 aliphatic rings. The van der Waals surface area contributed by atoms with Gasteiger partial charge in [0.05, 0.1) is 0 Å². The van der Waals surface area contributed by atoms with Gasteiger partial charge in [-0.2, -0.15) is 0 Å². The number of hydrogen-bond donors (Lipinski definition) is 0. The van der Waals surface area contributed by atoms with Gasteiger partial charge in [-0.25, -0.2) is 0 Å². The van der Waals surface area contributed by atoms with Crippen LogP contribution in [0.4, 0.5) is 0 Å². The molecule has 0 amide bonds. The molecular weight excluding hydrogens is 140 g/mol. The third-order valence-corrected chi connectivity index (χ3v) is 2.31. The van der Waals surface area contributed by atoms with E-state index >= 15 is 0 Å². The van der Waals surface area contributed by atoms with Gasteiger partial charge in [0.1, 0.15) is 0 Å². The summed E-state index contributed by atoms with van der Waals surface area (Å²) in [6.45, 7) is 2.30. The quantitative estimate of drug-likeness (QED) is 0.500. The minimum absolute atomic E-state index is 1.02. The predicted octanol–water partition coefficient (Wildman–Crippen LogP) is 2.04. The molecule has 0 spiro atoms. The monoisotopic (exact) mass is 148 g/mol. The number of hydrogen-bond acceptors (Lipinski definition) is 0. The molecule has 0 aromatic heterocycles. The first-order chi connectivity index (χ1) is 2.84. The molecule has 0 heterocycles. The first-order valence-electron chi connectivity index (χ1n) is 2.40. The molecule has 1 fully saturated rings. The maximum absolute atomic E-state index is 3.42. The van der Waals surface area contributed by atoms with Gasteiger partial charge in [-0.1, -0.05) is 22.9 Å². The molecule has 6 heavy (non-hydrogen) atoms. The zero-order chi connectivity index (χ0) is 4.57. The average molecular weight is 149 g/mol. The number of alkyl halides is 1. The van der Waals surface area contributed by atoms with Crippen molar-refractivity contribution in [1.82, 2.24) is 0 Å². The average Bonchev–Trinajstić information content (AvgIpc) is 2.19. The predicted molar refractivity (Wildman–Crippen MR) is 31.1 cm³/mol. The van der Waals surface area contributed by atoms with Crippen LogP contribution in [-0.2, 0) is 0 Å². The lowest BCUT2D eigenvalue weighted by Crippen LogP contribution is -1.73. The van der Waals surface area contributed by atoms with Crippen LogP contribution >= 0.6 is 15.9 Å². The Morgan fingerprint density at radius 1 is 1.83 bits per heavy atom. The van der Waals surface area contributed by atoms with Crippen molar-refractivity contribution < 1.29 is 0 Å². The highest BCUT2D eigenvalue weighted by molar-refractivity contribution is 9.09. The van der Waals surface area contributed by atoms with Crippen LogP contribution in [0.15, 0.2) is 0 Å². The summed E-state index contributed by atoms with van der Waals surface area (Å²) in [5.41, 5.74) is 0. The first-order valence-corrected chi connectivity index (χ1v) is 3.52. The summed E-state index contributed by atoms with van der Waals surface area (Å²) in [6, 6.07) is 0. The van der Waals surface area contributed by atoms with Gasteiger partial charge in [0, 0.05) is 5.33 Å². The van der Waals surface area contributed by atoms with Gasteiger partial charge in [0.2, 0.25) is 0 Å². The lowest BCUT2D eigenvalue weighted by Gasteiger charge is -1.77. The summed E-state index contributed by atoms with van der Waals surface area (Å²) in [7, 11) is 0. The standard InChI is InChI=1S/C5H9Br/c1-4-2-5(4)3-6/h4-5H,2-3H2,1H3/t4-,5+/m0/s1. The normalized spacial score (nSPS) is 43.0. The van der Waals surface area contributed by atoms with Gasteiger partial charge in [0.25, 0.3) is 0 Å². The second kappa shape index (κ2) is 1.53. The van der Waals surface area contributed by atoms with Crippen LogP contribution in [0.25, 0.3) is 0 Å². The van der Waals surface area contributed by atoms with Crippen molar-refractivity contribution in [1.29, 1.82) is 0 Å². The SMILES string of the molecule is C[C@H]1C[C@@H]1CBr. The van der Waals surface area contributed by atoms with Crippen LogP contribution in [0.3, 0.4) is 0 Å². The fourth-order valence-electron chi connectivity index (χ4n) is 0.614. The summed E-state index contributed by atoms with van der Waals surface area (Å²) in [4.78, 5) is 0. The second-order valence-electron chi connectivity index (χ2n) is 2.13. The van der Waals surface area contributed by atoms with E-state index in [1.54, 1.807) is 0 Å². The third-order valence-electron chi connectivity index (χ3n) is 1.47. The van der Waals surface area contributed by atoms with Crippen molar-refractivity contribution in [2.45, 2.75) is 13.3 Å². The summed E-state index contributed by atoms with van der Waals surface area (Å²) in [5, 5.41) is 1.22. The minimum atomic E-state index is 1.02. The molecule has 1 aliphatic carbocycles. The van der Waals surface area contributed by atoms with Gasteiger partial charge in [0.15, 0.2) is 0 Å². The second-order valence-corrected chi connectivity index (χ2v) is 2.77. The van der Waals surface area contributed by atoms with Crippen LogP contribution in [0, 0.1) is 11.8 Å². The van der Waals surface area contributed by atoms with Crippen molar-refractivity contribution in [2.24, 2.45) is 11.8 Å². The Hall–Kier alpha value is 0.480. The number of rotatable bonds is 1. The van der Waals surface area contributed by atoms with Crippen molar-refractivity contribution in [3.05, 3.63) is 0 Å². The van der Waals surface area contributed by atoms with Gasteiger partial charge >= 0.3 is 0 Å². The molecule has 36 valence electrons. The molecular formula is C5H9Br. The molecule has 1 heteroatoms. The molecule has 1 saturated carbocycles. The van der Waals surface area contributed by atoms with Crippen molar-refractivity contribution in [3.8, 4) is 0 Å². The van der Waals surface area contributed by atoms with E-state index in [4.69, 9.17) is 0 Å². The van der Waals surface area contributed by atoms with Gasteiger partial charge in [-0.05, 0) is 18.3 Å². The largest absolute Gasteiger partial charge is 0.0925 e. The van der Waals surface area contributed by atoms with Gasteiger partial charge < -0.3 is 0 Å². The molecule has 0 unspecified atom stereocenters. The van der Waals surface area contributed by atoms with Crippen molar-refractivity contribution in [2.75, 3.05) is 5.33 Å². The number of halogens is 1. The molecule has 2 atom stereocenters. The third kappa shape index (κ3) is 0.754. The van der Waals surface area contributed by atoms with Crippen LogP contribution in [-0.4, -0.2) is 5.33 Å². The lowest BCUT2D eigenvalue weighted by atomic mass is 10.4. The Balaban J connectivity index is 2.09. The van der Waals surface area contributed by atoms with E-state index in [-0.39, 0.29) is 0 Å².